The lowest BCUT2D eigenvalue weighted by Crippen LogP contribution is -2.12. The second-order valence-electron chi connectivity index (χ2n) is 16.6. The van der Waals surface area contributed by atoms with Crippen LogP contribution >= 0.6 is 7.69 Å². The maximum atomic E-state index is 15.2. The summed E-state index contributed by atoms with van der Waals surface area (Å²) in [6.45, 7) is 0. The van der Waals surface area contributed by atoms with Gasteiger partial charge in [-0.15, -0.1) is 0 Å². The molecule has 0 spiro atoms. The smallest absolute Gasteiger partial charge is 0.270 e. The van der Waals surface area contributed by atoms with Gasteiger partial charge in [-0.2, -0.15) is 0 Å². The van der Waals surface area contributed by atoms with E-state index in [0.717, 1.165) is 43.9 Å². The molecule has 9 aromatic carbocycles. The number of aromatic nitrogens is 4. The zero-order valence-electron chi connectivity index (χ0n) is 32.9. The van der Waals surface area contributed by atoms with E-state index in [0.29, 0.717) is 21.4 Å². The lowest BCUT2D eigenvalue weighted by atomic mass is 9.99. The molecule has 290 valence electrons. The van der Waals surface area contributed by atoms with Gasteiger partial charge in [-0.1, -0.05) is 115 Å². The normalized spacial score (nSPS) is 14.0. The molecular weight excluding hydrogens is 800 g/mol. The van der Waals surface area contributed by atoms with Crippen LogP contribution in [-0.4, -0.2) is 25.5 Å². The van der Waals surface area contributed by atoms with E-state index < -0.39 is 17.7 Å². The Morgan fingerprint density at radius 2 is 0.919 bits per heavy atom. The molecule has 6 heterocycles. The number of hydrogen-bond acceptors (Lipinski definition) is 2. The van der Waals surface area contributed by atoms with E-state index in [1.165, 1.54) is 59.6 Å². The molecule has 1 atom stereocenters. The first-order valence-corrected chi connectivity index (χ1v) is 23.6. The highest BCUT2D eigenvalue weighted by Gasteiger charge is 2.34. The zero-order chi connectivity index (χ0) is 40.6. The minimum atomic E-state index is -4.02. The second-order valence-corrected chi connectivity index (χ2v) is 20.4. The summed E-state index contributed by atoms with van der Waals surface area (Å²) in [4.78, 5) is 0.305. The van der Waals surface area contributed by atoms with Crippen LogP contribution in [0.15, 0.2) is 193 Å². The number of hydrogen-bond donors (Lipinski definition) is 0. The third-order valence-electron chi connectivity index (χ3n) is 13.5. The van der Waals surface area contributed by atoms with E-state index in [4.69, 9.17) is 0 Å². The van der Waals surface area contributed by atoms with Crippen LogP contribution in [0.3, 0.4) is 0 Å². The quantitative estimate of drug-likeness (QED) is 0.174. The van der Waals surface area contributed by atoms with Crippen molar-refractivity contribution < 1.29 is 8.42 Å². The van der Waals surface area contributed by atoms with Gasteiger partial charge in [-0.25, -0.2) is 12.4 Å². The molecule has 14 aromatic rings. The van der Waals surface area contributed by atoms with E-state index in [1.807, 2.05) is 36.4 Å². The number of fused-ring (bicyclic) bond motifs is 14. The van der Waals surface area contributed by atoms with Gasteiger partial charge in [0.1, 0.15) is 4.90 Å². The molecule has 0 saturated carbocycles. The van der Waals surface area contributed by atoms with Gasteiger partial charge >= 0.3 is 0 Å². The van der Waals surface area contributed by atoms with Crippen molar-refractivity contribution in [2.45, 2.75) is 4.90 Å². The minimum Gasteiger partial charge on any atom is -0.306 e. The van der Waals surface area contributed by atoms with Crippen LogP contribution in [0, 0.1) is 0 Å². The first kappa shape index (κ1) is 33.2. The predicted molar refractivity (Wildman–Crippen MR) is 258 cm³/mol. The topological polar surface area (TPSA) is 52.8 Å². The molecule has 8 heteroatoms. The van der Waals surface area contributed by atoms with Crippen molar-refractivity contribution in [3.63, 3.8) is 0 Å². The molecule has 62 heavy (non-hydrogen) atoms. The van der Waals surface area contributed by atoms with Gasteiger partial charge < -0.3 is 8.97 Å². The molecule has 0 radical (unpaired) electrons. The minimum absolute atomic E-state index is 0.305. The Labute approximate surface area is 354 Å². The Morgan fingerprint density at radius 3 is 1.68 bits per heavy atom. The monoisotopic (exact) mass is 830 g/mol. The average molecular weight is 831 g/mol. The summed E-state index contributed by atoms with van der Waals surface area (Å²) in [5.41, 5.74) is 12.0. The Hall–Kier alpha value is -7.57. The van der Waals surface area contributed by atoms with Gasteiger partial charge in [0.15, 0.2) is 0 Å². The molecule has 0 amide bonds. The molecule has 0 bridgehead atoms. The van der Waals surface area contributed by atoms with Gasteiger partial charge in [0.25, 0.3) is 10.0 Å². The average Bonchev–Trinajstić information content (AvgIpc) is 4.01. The Morgan fingerprint density at radius 1 is 0.387 bits per heavy atom. The second kappa shape index (κ2) is 11.4. The van der Waals surface area contributed by atoms with Crippen LogP contribution in [0.25, 0.3) is 120 Å². The van der Waals surface area contributed by atoms with E-state index in [1.54, 1.807) is 10.0 Å². The molecule has 1 aliphatic rings. The van der Waals surface area contributed by atoms with Crippen molar-refractivity contribution >= 4 is 116 Å². The molecular formula is C54H31N4O2PS. The van der Waals surface area contributed by atoms with Crippen LogP contribution in [0.2, 0.25) is 0 Å². The highest BCUT2D eigenvalue weighted by atomic mass is 32.2. The van der Waals surface area contributed by atoms with Gasteiger partial charge in [-0.05, 0) is 91.6 Å². The molecule has 0 N–H and O–H groups in total. The van der Waals surface area contributed by atoms with Gasteiger partial charge in [0.05, 0.1) is 55.3 Å². The van der Waals surface area contributed by atoms with Crippen molar-refractivity contribution in [1.29, 1.82) is 0 Å². The molecule has 0 fully saturated rings. The highest BCUT2D eigenvalue weighted by Crippen LogP contribution is 2.54. The summed E-state index contributed by atoms with van der Waals surface area (Å²) in [7, 11) is -5.18. The fourth-order valence-electron chi connectivity index (χ4n) is 11.1. The molecule has 0 aliphatic carbocycles. The lowest BCUT2D eigenvalue weighted by molar-refractivity contribution is 0.591. The Balaban J connectivity index is 1.19. The summed E-state index contributed by atoms with van der Waals surface area (Å²) in [6.07, 6.45) is 0. The molecule has 0 saturated heterocycles. The SMILES string of the molecule is O=S1(=O)c2cccc3c4ccccc4n(c23)-c2cc(-c3cc4c5ccccc5n5c6cccc7c8ccccc8n(c76)p(-c6ccccc6)c(c3)c45)cc3c4ccccc4n1c23. The van der Waals surface area contributed by atoms with Gasteiger partial charge in [-0.3, -0.25) is 4.16 Å². The van der Waals surface area contributed by atoms with Crippen LogP contribution in [0.1, 0.15) is 0 Å². The summed E-state index contributed by atoms with van der Waals surface area (Å²) in [5, 5.41) is 11.2. The van der Waals surface area contributed by atoms with Crippen molar-refractivity contribution in [2.75, 3.05) is 0 Å². The predicted octanol–water partition coefficient (Wildman–Crippen LogP) is 14.2. The number of rotatable bonds is 2. The fraction of sp³-hybridized carbons (Fsp3) is 0. The summed E-state index contributed by atoms with van der Waals surface area (Å²) < 4.78 is 39.3. The Kier molecular flexibility index (Phi) is 6.11. The van der Waals surface area contributed by atoms with Crippen molar-refractivity contribution in [1.82, 2.24) is 17.1 Å². The maximum Gasteiger partial charge on any atom is 0.270 e. The maximum absolute atomic E-state index is 15.2. The Bertz CT molecular complexity index is 4470. The zero-order valence-corrected chi connectivity index (χ0v) is 34.6. The van der Waals surface area contributed by atoms with Crippen molar-refractivity contribution in [2.24, 2.45) is 0 Å². The first-order chi connectivity index (χ1) is 30.6. The molecule has 1 unspecified atom stereocenters. The standard InChI is InChI=1S/C54H31N4O2PS/c59-62(60)50-27-13-21-40-35-16-4-8-22-43(35)56(54(40)50)48-30-32(28-41-38-19-7-11-25-46(38)58(62)52(41)48)33-29-42-37-18-5-9-23-44(37)55-47-26-12-20-39-36-17-6-10-24-45(36)57(51(39)47)61(49(31-33)53(42)55)34-14-2-1-3-15-34/h1-31H. The van der Waals surface area contributed by atoms with Crippen molar-refractivity contribution in [3.05, 3.63) is 188 Å². The number of nitrogens with zero attached hydrogens (tertiary/aromatic N) is 4. The number of para-hydroxylation sites is 6. The third-order valence-corrected chi connectivity index (χ3v) is 17.7. The third kappa shape index (κ3) is 3.91. The molecule has 6 nitrogen and oxygen atoms in total. The first-order valence-electron chi connectivity index (χ1n) is 20.9. The van der Waals surface area contributed by atoms with E-state index in [-0.39, 0.29) is 0 Å². The van der Waals surface area contributed by atoms with E-state index in [2.05, 4.69) is 159 Å². The van der Waals surface area contributed by atoms with E-state index >= 15 is 8.42 Å². The molecule has 5 aromatic heterocycles. The molecule has 15 rings (SSSR count). The number of benzene rings is 9. The van der Waals surface area contributed by atoms with Crippen LogP contribution in [0.4, 0.5) is 0 Å². The summed E-state index contributed by atoms with van der Waals surface area (Å²) in [5.74, 6) is 0. The van der Waals surface area contributed by atoms with Crippen LogP contribution < -0.4 is 0 Å². The van der Waals surface area contributed by atoms with Crippen molar-refractivity contribution in [3.8, 4) is 22.1 Å². The lowest BCUT2D eigenvalue weighted by Gasteiger charge is -2.14. The van der Waals surface area contributed by atoms with E-state index in [9.17, 15) is 0 Å². The summed E-state index contributed by atoms with van der Waals surface area (Å²) in [6, 6.07) is 66.7. The van der Waals surface area contributed by atoms with Gasteiger partial charge in [0.2, 0.25) is 0 Å². The largest absolute Gasteiger partial charge is 0.306 e. The van der Waals surface area contributed by atoms with Crippen LogP contribution in [0.5, 0.6) is 0 Å². The van der Waals surface area contributed by atoms with Gasteiger partial charge in [0, 0.05) is 53.5 Å². The molecule has 1 aliphatic heterocycles. The summed E-state index contributed by atoms with van der Waals surface area (Å²) >= 11 is 0. The highest BCUT2D eigenvalue weighted by molar-refractivity contribution is 7.90. The van der Waals surface area contributed by atoms with Crippen LogP contribution in [-0.2, 0) is 10.0 Å². The fourth-order valence-corrected chi connectivity index (χ4v) is 15.5.